The average molecular weight is 322 g/mol. The van der Waals surface area contributed by atoms with Crippen LogP contribution in [0.1, 0.15) is 44.6 Å². The fraction of sp³-hybridized carbons (Fsp3) is 0.500. The molecule has 0 spiro atoms. The van der Waals surface area contributed by atoms with Gasteiger partial charge in [-0.1, -0.05) is 23.3 Å². The van der Waals surface area contributed by atoms with Gasteiger partial charge in [0.25, 0.3) is 5.91 Å². The third-order valence-corrected chi connectivity index (χ3v) is 4.37. The third-order valence-electron chi connectivity index (χ3n) is 3.94. The Morgan fingerprint density at radius 2 is 2.23 bits per heavy atom. The van der Waals surface area contributed by atoms with Crippen LogP contribution < -0.4 is 10.1 Å². The van der Waals surface area contributed by atoms with E-state index in [-0.39, 0.29) is 5.91 Å². The minimum atomic E-state index is -0.513. The Morgan fingerprint density at radius 3 is 2.91 bits per heavy atom. The van der Waals surface area contributed by atoms with Gasteiger partial charge in [0.1, 0.15) is 5.75 Å². The number of halogens is 1. The van der Waals surface area contributed by atoms with E-state index in [4.69, 9.17) is 16.3 Å². The number of allylic oxidation sites excluding steroid dienone is 1. The molecule has 1 amide bonds. The van der Waals surface area contributed by atoms with Crippen molar-refractivity contribution in [1.29, 1.82) is 0 Å². The molecule has 1 aliphatic carbocycles. The van der Waals surface area contributed by atoms with Crippen molar-refractivity contribution in [2.75, 3.05) is 6.54 Å². The van der Waals surface area contributed by atoms with Gasteiger partial charge in [0.05, 0.1) is 0 Å². The quantitative estimate of drug-likeness (QED) is 0.787. The predicted molar refractivity (Wildman–Crippen MR) is 90.5 cm³/mol. The molecule has 3 nitrogen and oxygen atoms in total. The van der Waals surface area contributed by atoms with Gasteiger partial charge >= 0.3 is 0 Å². The zero-order valence-corrected chi connectivity index (χ0v) is 14.1. The lowest BCUT2D eigenvalue weighted by Gasteiger charge is -2.16. The summed E-state index contributed by atoms with van der Waals surface area (Å²) >= 11 is 5.98. The van der Waals surface area contributed by atoms with E-state index >= 15 is 0 Å². The van der Waals surface area contributed by atoms with Gasteiger partial charge in [-0.2, -0.15) is 0 Å². The number of carbonyl (C=O) groups is 1. The van der Waals surface area contributed by atoms with Gasteiger partial charge in [-0.25, -0.2) is 0 Å². The standard InChI is InChI=1S/C18H24ClNO2/c1-13-12-16(8-9-17(13)19)22-14(2)18(21)20-11-10-15-6-4-3-5-7-15/h6,8-9,12,14H,3-5,7,10-11H2,1-2H3,(H,20,21)/t14-/m1/s1. The normalized spacial score (nSPS) is 15.9. The van der Waals surface area contributed by atoms with Crippen molar-refractivity contribution in [3.63, 3.8) is 0 Å². The molecule has 1 aromatic rings. The number of carbonyl (C=O) groups excluding carboxylic acids is 1. The number of rotatable bonds is 6. The Hall–Kier alpha value is -1.48. The van der Waals surface area contributed by atoms with Crippen molar-refractivity contribution in [2.45, 2.75) is 52.1 Å². The van der Waals surface area contributed by atoms with E-state index in [1.807, 2.05) is 13.0 Å². The molecule has 0 unspecified atom stereocenters. The van der Waals surface area contributed by atoms with E-state index in [1.54, 1.807) is 19.1 Å². The Bertz CT molecular complexity index is 554. The number of aryl methyl sites for hydroxylation is 1. The third kappa shape index (κ3) is 5.06. The Balaban J connectivity index is 1.76. The van der Waals surface area contributed by atoms with Crippen molar-refractivity contribution in [1.82, 2.24) is 5.32 Å². The largest absolute Gasteiger partial charge is 0.481 e. The summed E-state index contributed by atoms with van der Waals surface area (Å²) in [4.78, 5) is 12.1. The molecule has 4 heteroatoms. The molecule has 0 fully saturated rings. The van der Waals surface area contributed by atoms with Crippen molar-refractivity contribution in [2.24, 2.45) is 0 Å². The fourth-order valence-corrected chi connectivity index (χ4v) is 2.69. The molecule has 0 aliphatic heterocycles. The molecule has 0 aromatic heterocycles. The van der Waals surface area contributed by atoms with Gasteiger partial charge in [0, 0.05) is 11.6 Å². The van der Waals surface area contributed by atoms with Crippen LogP contribution in [0.15, 0.2) is 29.8 Å². The predicted octanol–water partition coefficient (Wildman–Crippen LogP) is 4.42. The molecule has 1 aliphatic rings. The molecule has 22 heavy (non-hydrogen) atoms. The minimum Gasteiger partial charge on any atom is -0.481 e. The van der Waals surface area contributed by atoms with Crippen molar-refractivity contribution in [3.8, 4) is 5.75 Å². The highest BCUT2D eigenvalue weighted by molar-refractivity contribution is 6.31. The summed E-state index contributed by atoms with van der Waals surface area (Å²) in [6.45, 7) is 4.36. The SMILES string of the molecule is Cc1cc(O[C@H](C)C(=O)NCCC2=CCCCC2)ccc1Cl. The van der Waals surface area contributed by atoms with Crippen molar-refractivity contribution < 1.29 is 9.53 Å². The minimum absolute atomic E-state index is 0.0796. The lowest BCUT2D eigenvalue weighted by molar-refractivity contribution is -0.127. The van der Waals surface area contributed by atoms with Crippen LogP contribution in [0.25, 0.3) is 0 Å². The second-order valence-electron chi connectivity index (χ2n) is 5.82. The average Bonchev–Trinajstić information content (AvgIpc) is 2.52. The van der Waals surface area contributed by atoms with Crippen LogP contribution in [-0.2, 0) is 4.79 Å². The Morgan fingerprint density at radius 1 is 1.41 bits per heavy atom. The summed E-state index contributed by atoms with van der Waals surface area (Å²) in [6, 6.07) is 5.41. The van der Waals surface area contributed by atoms with Crippen molar-refractivity contribution in [3.05, 3.63) is 40.4 Å². The summed E-state index contributed by atoms with van der Waals surface area (Å²) in [5.41, 5.74) is 2.41. The Kier molecular flexibility index (Phi) is 6.32. The Labute approximate surface area is 137 Å². The topological polar surface area (TPSA) is 38.3 Å². The molecule has 0 saturated carbocycles. The molecular weight excluding hydrogens is 298 g/mol. The number of hydrogen-bond donors (Lipinski definition) is 1. The summed E-state index contributed by atoms with van der Waals surface area (Å²) in [5, 5.41) is 3.64. The summed E-state index contributed by atoms with van der Waals surface area (Å²) in [6.07, 6.45) is 7.66. The first kappa shape index (κ1) is 16.9. The summed E-state index contributed by atoms with van der Waals surface area (Å²) < 4.78 is 5.67. The van der Waals surface area contributed by atoms with Gasteiger partial charge < -0.3 is 10.1 Å². The molecular formula is C18H24ClNO2. The van der Waals surface area contributed by atoms with Crippen molar-refractivity contribution >= 4 is 17.5 Å². The number of nitrogens with one attached hydrogen (secondary N) is 1. The summed E-state index contributed by atoms with van der Waals surface area (Å²) in [5.74, 6) is 0.587. The monoisotopic (exact) mass is 321 g/mol. The molecule has 0 bridgehead atoms. The van der Waals surface area contributed by atoms with E-state index in [9.17, 15) is 4.79 Å². The highest BCUT2D eigenvalue weighted by atomic mass is 35.5. The van der Waals surface area contributed by atoms with E-state index < -0.39 is 6.10 Å². The first-order valence-electron chi connectivity index (χ1n) is 7.94. The second-order valence-corrected chi connectivity index (χ2v) is 6.23. The molecule has 0 saturated heterocycles. The first-order valence-corrected chi connectivity index (χ1v) is 8.32. The van der Waals surface area contributed by atoms with Gasteiger partial charge in [0.15, 0.2) is 6.10 Å². The van der Waals surface area contributed by atoms with Crippen LogP contribution in [0.2, 0.25) is 5.02 Å². The molecule has 0 radical (unpaired) electrons. The maximum atomic E-state index is 12.1. The molecule has 1 aromatic carbocycles. The fourth-order valence-electron chi connectivity index (χ4n) is 2.57. The highest BCUT2D eigenvalue weighted by Gasteiger charge is 2.14. The van der Waals surface area contributed by atoms with E-state index in [1.165, 1.54) is 31.3 Å². The van der Waals surface area contributed by atoms with Crippen LogP contribution in [0.5, 0.6) is 5.75 Å². The molecule has 0 heterocycles. The number of ether oxygens (including phenoxy) is 1. The zero-order chi connectivity index (χ0) is 15.9. The maximum Gasteiger partial charge on any atom is 0.260 e. The first-order chi connectivity index (χ1) is 10.6. The van der Waals surface area contributed by atoms with E-state index in [2.05, 4.69) is 11.4 Å². The second kappa shape index (κ2) is 8.23. The smallest absolute Gasteiger partial charge is 0.260 e. The maximum absolute atomic E-state index is 12.1. The van der Waals surface area contributed by atoms with Crippen LogP contribution in [0.3, 0.4) is 0 Å². The van der Waals surface area contributed by atoms with Crippen LogP contribution in [-0.4, -0.2) is 18.6 Å². The highest BCUT2D eigenvalue weighted by Crippen LogP contribution is 2.22. The molecule has 120 valence electrons. The number of hydrogen-bond acceptors (Lipinski definition) is 2. The van der Waals surface area contributed by atoms with Gasteiger partial charge in [-0.05, 0) is 69.7 Å². The lowest BCUT2D eigenvalue weighted by atomic mass is 9.97. The van der Waals surface area contributed by atoms with Gasteiger partial charge in [-0.3, -0.25) is 4.79 Å². The summed E-state index contributed by atoms with van der Waals surface area (Å²) in [7, 11) is 0. The number of benzene rings is 1. The molecule has 1 N–H and O–H groups in total. The number of amides is 1. The van der Waals surface area contributed by atoms with E-state index in [0.29, 0.717) is 17.3 Å². The van der Waals surface area contributed by atoms with Crippen LogP contribution in [0, 0.1) is 6.92 Å². The molecule has 2 rings (SSSR count). The van der Waals surface area contributed by atoms with Crippen LogP contribution in [0.4, 0.5) is 0 Å². The van der Waals surface area contributed by atoms with E-state index in [0.717, 1.165) is 12.0 Å². The molecule has 1 atom stereocenters. The zero-order valence-electron chi connectivity index (χ0n) is 13.3. The van der Waals surface area contributed by atoms with Crippen LogP contribution >= 0.6 is 11.6 Å². The van der Waals surface area contributed by atoms with Gasteiger partial charge in [-0.15, -0.1) is 0 Å². The van der Waals surface area contributed by atoms with Gasteiger partial charge in [0.2, 0.25) is 0 Å². The lowest BCUT2D eigenvalue weighted by Crippen LogP contribution is -2.37.